The number of fused-ring (bicyclic) bond motifs is 1. The fourth-order valence-electron chi connectivity index (χ4n) is 4.83. The van der Waals surface area contributed by atoms with E-state index in [0.29, 0.717) is 27.8 Å². The Morgan fingerprint density at radius 1 is 1.10 bits per heavy atom. The lowest BCUT2D eigenvalue weighted by Crippen LogP contribution is -2.29. The van der Waals surface area contributed by atoms with Crippen LogP contribution in [0.2, 0.25) is 0 Å². The monoisotopic (exact) mass is 577 g/mol. The first-order valence-corrected chi connectivity index (χ1v) is 14.2. The summed E-state index contributed by atoms with van der Waals surface area (Å²) < 4.78 is 34.6. The molecule has 1 N–H and O–H groups in total. The zero-order valence-corrected chi connectivity index (χ0v) is 22.6. The number of amides is 1. The van der Waals surface area contributed by atoms with Crippen molar-refractivity contribution in [3.63, 3.8) is 0 Å². The average Bonchev–Trinajstić information content (AvgIpc) is 3.63. The Morgan fingerprint density at radius 3 is 2.65 bits per heavy atom. The number of halogens is 2. The van der Waals surface area contributed by atoms with Crippen LogP contribution in [-0.2, 0) is 21.8 Å². The van der Waals surface area contributed by atoms with E-state index in [1.165, 1.54) is 42.1 Å². The standard InChI is InChI=1S/C29H21F2N3O4S2/c1-15-12-18-13-17(8-11-22(18)38-15)25(35)23-24(20-4-2-3-5-21(20)31)34(27(37)26(23)36)28-32-33-29(40-28)39-14-16-6-9-19(30)10-7-16/h2-11,13,15,24,35H,12,14H2,1H3/b25-23+/t15-,24-/m0/s1. The van der Waals surface area contributed by atoms with E-state index in [2.05, 4.69) is 10.2 Å². The number of carbonyl (C=O) groups excluding carboxylic acids is 2. The highest BCUT2D eigenvalue weighted by molar-refractivity contribution is 8.00. The third kappa shape index (κ3) is 4.75. The van der Waals surface area contributed by atoms with Crippen LogP contribution < -0.4 is 9.64 Å². The van der Waals surface area contributed by atoms with E-state index >= 15 is 4.39 Å². The summed E-state index contributed by atoms with van der Waals surface area (Å²) in [6, 6.07) is 15.6. The molecular weight excluding hydrogens is 556 g/mol. The molecule has 1 fully saturated rings. The summed E-state index contributed by atoms with van der Waals surface area (Å²) in [6.07, 6.45) is 0.605. The Bertz CT molecular complexity index is 1670. The van der Waals surface area contributed by atoms with Gasteiger partial charge in [0.15, 0.2) is 4.34 Å². The highest BCUT2D eigenvalue weighted by Gasteiger charge is 2.49. The topological polar surface area (TPSA) is 92.6 Å². The molecule has 2 aliphatic rings. The second-order valence-electron chi connectivity index (χ2n) is 9.41. The van der Waals surface area contributed by atoms with Gasteiger partial charge in [-0.3, -0.25) is 14.5 Å². The molecule has 0 saturated carbocycles. The van der Waals surface area contributed by atoms with Gasteiger partial charge in [0.2, 0.25) is 5.13 Å². The molecule has 6 rings (SSSR count). The molecule has 3 aromatic carbocycles. The number of benzene rings is 3. The van der Waals surface area contributed by atoms with Crippen molar-refractivity contribution in [1.82, 2.24) is 10.2 Å². The number of aliphatic hydroxyl groups is 1. The molecule has 2 aliphatic heterocycles. The second kappa shape index (κ2) is 10.5. The molecule has 4 aromatic rings. The van der Waals surface area contributed by atoms with Crippen LogP contribution in [0, 0.1) is 11.6 Å². The van der Waals surface area contributed by atoms with Crippen LogP contribution in [0.3, 0.4) is 0 Å². The average molecular weight is 578 g/mol. The van der Waals surface area contributed by atoms with E-state index in [1.54, 1.807) is 36.4 Å². The molecule has 2 atom stereocenters. The number of aromatic nitrogens is 2. The van der Waals surface area contributed by atoms with Crippen molar-refractivity contribution in [1.29, 1.82) is 0 Å². The quantitative estimate of drug-likeness (QED) is 0.0980. The molecule has 0 bridgehead atoms. The van der Waals surface area contributed by atoms with Gasteiger partial charge >= 0.3 is 5.91 Å². The zero-order valence-electron chi connectivity index (χ0n) is 21.0. The Labute approximate surface area is 236 Å². The predicted octanol–water partition coefficient (Wildman–Crippen LogP) is 6.06. The van der Waals surface area contributed by atoms with Crippen LogP contribution in [0.5, 0.6) is 5.75 Å². The number of hydrogen-bond acceptors (Lipinski definition) is 8. The molecule has 1 saturated heterocycles. The van der Waals surface area contributed by atoms with E-state index in [9.17, 15) is 19.1 Å². The molecule has 40 heavy (non-hydrogen) atoms. The molecule has 0 aliphatic carbocycles. The first-order valence-electron chi connectivity index (χ1n) is 12.4. The smallest absolute Gasteiger partial charge is 0.301 e. The molecule has 1 amide bonds. The molecule has 0 spiro atoms. The van der Waals surface area contributed by atoms with Crippen molar-refractivity contribution in [3.05, 3.63) is 106 Å². The van der Waals surface area contributed by atoms with Crippen molar-refractivity contribution in [2.75, 3.05) is 4.90 Å². The van der Waals surface area contributed by atoms with E-state index in [1.807, 2.05) is 6.92 Å². The number of nitrogens with zero attached hydrogens (tertiary/aromatic N) is 3. The summed E-state index contributed by atoms with van der Waals surface area (Å²) in [5.74, 6) is -2.12. The van der Waals surface area contributed by atoms with Gasteiger partial charge in [0.1, 0.15) is 35.3 Å². The zero-order chi connectivity index (χ0) is 28.0. The molecule has 7 nitrogen and oxygen atoms in total. The van der Waals surface area contributed by atoms with Gasteiger partial charge in [-0.05, 0) is 54.4 Å². The minimum absolute atomic E-state index is 0.0242. The maximum atomic E-state index is 15.2. The number of thioether (sulfide) groups is 1. The highest BCUT2D eigenvalue weighted by Crippen LogP contribution is 2.45. The minimum atomic E-state index is -1.26. The summed E-state index contributed by atoms with van der Waals surface area (Å²) in [7, 11) is 0. The van der Waals surface area contributed by atoms with Gasteiger partial charge in [-0.2, -0.15) is 0 Å². The fourth-order valence-corrected chi connectivity index (χ4v) is 6.65. The van der Waals surface area contributed by atoms with Crippen molar-refractivity contribution >= 4 is 45.7 Å². The molecule has 0 unspecified atom stereocenters. The summed E-state index contributed by atoms with van der Waals surface area (Å²) in [6.45, 7) is 1.93. The number of carbonyl (C=O) groups is 2. The molecule has 202 valence electrons. The van der Waals surface area contributed by atoms with Gasteiger partial charge in [0.05, 0.1) is 5.57 Å². The number of Topliss-reactive ketones (excluding diaryl/α,β-unsaturated/α-hetero) is 1. The Balaban J connectivity index is 1.39. The lowest BCUT2D eigenvalue weighted by molar-refractivity contribution is -0.132. The molecular formula is C29H21F2N3O4S2. The Kier molecular flexibility index (Phi) is 6.85. The van der Waals surface area contributed by atoms with Gasteiger partial charge in [-0.15, -0.1) is 10.2 Å². The SMILES string of the molecule is C[C@H]1Cc2cc(/C(O)=C3\C(=O)C(=O)N(c4nnc(SCc5ccc(F)cc5)s4)[C@H]3c3ccccc3F)ccc2O1. The van der Waals surface area contributed by atoms with Crippen LogP contribution in [-0.4, -0.2) is 33.1 Å². The Hall–Kier alpha value is -4.09. The summed E-state index contributed by atoms with van der Waals surface area (Å²) >= 11 is 2.39. The van der Waals surface area contributed by atoms with Gasteiger partial charge in [-0.1, -0.05) is 53.4 Å². The van der Waals surface area contributed by atoms with Crippen LogP contribution >= 0.6 is 23.1 Å². The van der Waals surface area contributed by atoms with E-state index in [4.69, 9.17) is 4.74 Å². The second-order valence-corrected chi connectivity index (χ2v) is 11.6. The molecule has 3 heterocycles. The summed E-state index contributed by atoms with van der Waals surface area (Å²) in [4.78, 5) is 27.9. The van der Waals surface area contributed by atoms with Gasteiger partial charge < -0.3 is 9.84 Å². The van der Waals surface area contributed by atoms with Crippen LogP contribution in [0.1, 0.15) is 35.2 Å². The maximum Gasteiger partial charge on any atom is 0.301 e. The van der Waals surface area contributed by atoms with Crippen molar-refractivity contribution in [3.8, 4) is 5.75 Å². The van der Waals surface area contributed by atoms with Crippen molar-refractivity contribution in [2.45, 2.75) is 35.6 Å². The van der Waals surface area contributed by atoms with Gasteiger partial charge in [0, 0.05) is 23.3 Å². The van der Waals surface area contributed by atoms with Crippen molar-refractivity contribution in [2.24, 2.45) is 0 Å². The number of anilines is 1. The van der Waals surface area contributed by atoms with E-state index in [0.717, 1.165) is 27.4 Å². The first kappa shape index (κ1) is 26.1. The van der Waals surface area contributed by atoms with Crippen LogP contribution in [0.4, 0.5) is 13.9 Å². The summed E-state index contributed by atoms with van der Waals surface area (Å²) in [5, 5.41) is 19.7. The lowest BCUT2D eigenvalue weighted by Gasteiger charge is -2.22. The minimum Gasteiger partial charge on any atom is -0.507 e. The van der Waals surface area contributed by atoms with Gasteiger partial charge in [-0.25, -0.2) is 8.78 Å². The van der Waals surface area contributed by atoms with Crippen molar-refractivity contribution < 1.29 is 28.2 Å². The summed E-state index contributed by atoms with van der Waals surface area (Å²) in [5.41, 5.74) is 1.85. The third-order valence-electron chi connectivity index (χ3n) is 6.69. The number of ketones is 1. The largest absolute Gasteiger partial charge is 0.507 e. The predicted molar refractivity (Wildman–Crippen MR) is 147 cm³/mol. The third-order valence-corrected chi connectivity index (χ3v) is 8.82. The molecule has 1 aromatic heterocycles. The lowest BCUT2D eigenvalue weighted by atomic mass is 9.94. The van der Waals surface area contributed by atoms with E-state index < -0.39 is 29.3 Å². The van der Waals surface area contributed by atoms with E-state index in [-0.39, 0.29) is 28.2 Å². The fraction of sp³-hybridized carbons (Fsp3) is 0.172. The number of hydrogen-bond donors (Lipinski definition) is 1. The Morgan fingerprint density at radius 2 is 1.88 bits per heavy atom. The van der Waals surface area contributed by atoms with Gasteiger partial charge in [0.25, 0.3) is 5.78 Å². The van der Waals surface area contributed by atoms with Crippen LogP contribution in [0.15, 0.2) is 76.6 Å². The van der Waals surface area contributed by atoms with Crippen LogP contribution in [0.25, 0.3) is 5.76 Å². The number of ether oxygens (including phenoxy) is 1. The number of rotatable bonds is 6. The molecule has 11 heteroatoms. The normalized spacial score (nSPS) is 19.6. The highest BCUT2D eigenvalue weighted by atomic mass is 32.2. The maximum absolute atomic E-state index is 15.2. The number of aliphatic hydroxyl groups excluding tert-OH is 1. The first-order chi connectivity index (χ1) is 19.3. The molecule has 0 radical (unpaired) electrons.